The zero-order chi connectivity index (χ0) is 17.0. The fraction of sp³-hybridized carbons (Fsp3) is 0.125. The van der Waals surface area contributed by atoms with Crippen LogP contribution in [-0.4, -0.2) is 18.0 Å². The van der Waals surface area contributed by atoms with Crippen LogP contribution in [0.15, 0.2) is 46.9 Å². The summed E-state index contributed by atoms with van der Waals surface area (Å²) in [5.74, 6) is -2.75. The lowest BCUT2D eigenvalue weighted by Crippen LogP contribution is -2.30. The highest BCUT2D eigenvalue weighted by Crippen LogP contribution is 2.17. The first kappa shape index (κ1) is 17.1. The minimum atomic E-state index is -1.14. The molecule has 0 saturated carbocycles. The Kier molecular flexibility index (Phi) is 5.44. The summed E-state index contributed by atoms with van der Waals surface area (Å²) in [6, 6.07) is 8.98. The summed E-state index contributed by atoms with van der Waals surface area (Å²) in [7, 11) is 0. The normalized spacial score (nSPS) is 11.7. The molecule has 0 radical (unpaired) electrons. The SMILES string of the molecule is C[C@@H](OC(=O)c1ccc(Br)cc1F)C(=O)Nc1ccc(F)cc1. The van der Waals surface area contributed by atoms with E-state index in [4.69, 9.17) is 4.74 Å². The number of ether oxygens (including phenoxy) is 1. The number of benzene rings is 2. The maximum Gasteiger partial charge on any atom is 0.341 e. The summed E-state index contributed by atoms with van der Waals surface area (Å²) in [6.45, 7) is 1.35. The number of hydrogen-bond acceptors (Lipinski definition) is 3. The van der Waals surface area contributed by atoms with Crippen molar-refractivity contribution in [3.05, 3.63) is 64.1 Å². The van der Waals surface area contributed by atoms with Gasteiger partial charge in [0.2, 0.25) is 0 Å². The average Bonchev–Trinajstić information content (AvgIpc) is 2.49. The van der Waals surface area contributed by atoms with Gasteiger partial charge in [0.05, 0.1) is 5.56 Å². The molecule has 0 spiro atoms. The van der Waals surface area contributed by atoms with Crippen molar-refractivity contribution < 1.29 is 23.1 Å². The number of halogens is 3. The Morgan fingerprint density at radius 2 is 1.78 bits per heavy atom. The molecule has 2 aromatic carbocycles. The molecule has 1 amide bonds. The summed E-state index contributed by atoms with van der Waals surface area (Å²) < 4.78 is 31.9. The highest BCUT2D eigenvalue weighted by atomic mass is 79.9. The second kappa shape index (κ2) is 7.32. The number of carbonyl (C=O) groups excluding carboxylic acids is 2. The molecule has 0 heterocycles. The molecule has 7 heteroatoms. The van der Waals surface area contributed by atoms with Crippen molar-refractivity contribution in [1.29, 1.82) is 0 Å². The van der Waals surface area contributed by atoms with Gasteiger partial charge in [-0.3, -0.25) is 4.79 Å². The molecule has 0 aliphatic rings. The Bertz CT molecular complexity index is 735. The van der Waals surface area contributed by atoms with E-state index in [2.05, 4.69) is 21.2 Å². The molecule has 0 unspecified atom stereocenters. The fourth-order valence-corrected chi connectivity index (χ4v) is 2.04. The molecule has 0 aliphatic carbocycles. The fourth-order valence-electron chi connectivity index (χ4n) is 1.71. The van der Waals surface area contributed by atoms with E-state index in [0.29, 0.717) is 10.2 Å². The quantitative estimate of drug-likeness (QED) is 0.814. The van der Waals surface area contributed by atoms with Crippen LogP contribution in [0.5, 0.6) is 0 Å². The zero-order valence-electron chi connectivity index (χ0n) is 12.0. The monoisotopic (exact) mass is 383 g/mol. The predicted molar refractivity (Wildman–Crippen MR) is 84.0 cm³/mol. The van der Waals surface area contributed by atoms with Crippen LogP contribution in [0.25, 0.3) is 0 Å². The molecule has 2 aromatic rings. The van der Waals surface area contributed by atoms with Gasteiger partial charge in [0.25, 0.3) is 5.91 Å². The molecule has 2 rings (SSSR count). The van der Waals surface area contributed by atoms with E-state index >= 15 is 0 Å². The van der Waals surface area contributed by atoms with Gasteiger partial charge >= 0.3 is 5.97 Å². The van der Waals surface area contributed by atoms with Gasteiger partial charge in [-0.2, -0.15) is 0 Å². The van der Waals surface area contributed by atoms with Crippen molar-refractivity contribution >= 4 is 33.5 Å². The number of hydrogen-bond donors (Lipinski definition) is 1. The number of amides is 1. The highest BCUT2D eigenvalue weighted by Gasteiger charge is 2.21. The van der Waals surface area contributed by atoms with E-state index in [1.165, 1.54) is 43.3 Å². The molecular formula is C16H12BrF2NO3. The Morgan fingerprint density at radius 3 is 2.39 bits per heavy atom. The first-order chi connectivity index (χ1) is 10.9. The van der Waals surface area contributed by atoms with Gasteiger partial charge in [0.15, 0.2) is 6.10 Å². The molecule has 4 nitrogen and oxygen atoms in total. The molecular weight excluding hydrogens is 372 g/mol. The van der Waals surface area contributed by atoms with Gasteiger partial charge in [0, 0.05) is 10.2 Å². The average molecular weight is 384 g/mol. The van der Waals surface area contributed by atoms with E-state index in [1.54, 1.807) is 0 Å². The maximum atomic E-state index is 13.7. The van der Waals surface area contributed by atoms with Crippen LogP contribution in [0.3, 0.4) is 0 Å². The van der Waals surface area contributed by atoms with Crippen molar-refractivity contribution in [2.75, 3.05) is 5.32 Å². The van der Waals surface area contributed by atoms with Crippen molar-refractivity contribution in [2.24, 2.45) is 0 Å². The van der Waals surface area contributed by atoms with Crippen LogP contribution in [0.1, 0.15) is 17.3 Å². The molecule has 0 fully saturated rings. The van der Waals surface area contributed by atoms with E-state index in [9.17, 15) is 18.4 Å². The smallest absolute Gasteiger partial charge is 0.341 e. The molecule has 1 atom stereocenters. The molecule has 1 N–H and O–H groups in total. The van der Waals surface area contributed by atoms with Crippen LogP contribution in [0.2, 0.25) is 0 Å². The van der Waals surface area contributed by atoms with Crippen molar-refractivity contribution in [2.45, 2.75) is 13.0 Å². The zero-order valence-corrected chi connectivity index (χ0v) is 13.6. The first-order valence-electron chi connectivity index (χ1n) is 6.59. The largest absolute Gasteiger partial charge is 0.449 e. The van der Waals surface area contributed by atoms with Gasteiger partial charge in [-0.1, -0.05) is 15.9 Å². The van der Waals surface area contributed by atoms with Crippen LogP contribution in [0.4, 0.5) is 14.5 Å². The number of nitrogens with one attached hydrogen (secondary N) is 1. The van der Waals surface area contributed by atoms with Crippen LogP contribution in [-0.2, 0) is 9.53 Å². The Morgan fingerprint density at radius 1 is 1.13 bits per heavy atom. The number of anilines is 1. The summed E-state index contributed by atoms with van der Waals surface area (Å²) in [4.78, 5) is 23.8. The maximum absolute atomic E-state index is 13.7. The van der Waals surface area contributed by atoms with E-state index < -0.39 is 29.6 Å². The van der Waals surface area contributed by atoms with Crippen molar-refractivity contribution in [3.8, 4) is 0 Å². The summed E-state index contributed by atoms with van der Waals surface area (Å²) in [5.41, 5.74) is 0.0868. The lowest BCUT2D eigenvalue weighted by Gasteiger charge is -2.14. The second-order valence-corrected chi connectivity index (χ2v) is 5.58. The third-order valence-electron chi connectivity index (χ3n) is 2.92. The molecule has 0 aromatic heterocycles. The second-order valence-electron chi connectivity index (χ2n) is 4.67. The van der Waals surface area contributed by atoms with Gasteiger partial charge in [-0.05, 0) is 49.4 Å². The Labute approximate surface area is 139 Å². The molecule has 0 saturated heterocycles. The molecule has 120 valence electrons. The number of carbonyl (C=O) groups is 2. The van der Waals surface area contributed by atoms with E-state index in [-0.39, 0.29) is 5.56 Å². The van der Waals surface area contributed by atoms with Crippen LogP contribution in [0, 0.1) is 11.6 Å². The van der Waals surface area contributed by atoms with Crippen LogP contribution >= 0.6 is 15.9 Å². The first-order valence-corrected chi connectivity index (χ1v) is 7.38. The van der Waals surface area contributed by atoms with Gasteiger partial charge in [-0.25, -0.2) is 13.6 Å². The number of rotatable bonds is 4. The molecule has 23 heavy (non-hydrogen) atoms. The third-order valence-corrected chi connectivity index (χ3v) is 3.41. The summed E-state index contributed by atoms with van der Waals surface area (Å²) in [6.07, 6.45) is -1.14. The van der Waals surface area contributed by atoms with E-state index in [0.717, 1.165) is 6.07 Å². The Balaban J connectivity index is 2.00. The van der Waals surface area contributed by atoms with Gasteiger partial charge < -0.3 is 10.1 Å². The minimum absolute atomic E-state index is 0.269. The van der Waals surface area contributed by atoms with Crippen LogP contribution < -0.4 is 5.32 Å². The summed E-state index contributed by atoms with van der Waals surface area (Å²) in [5, 5.41) is 2.47. The predicted octanol–water partition coefficient (Wildman–Crippen LogP) is 3.91. The third kappa shape index (κ3) is 4.59. The topological polar surface area (TPSA) is 55.4 Å². The lowest BCUT2D eigenvalue weighted by atomic mass is 10.2. The number of esters is 1. The van der Waals surface area contributed by atoms with Crippen molar-refractivity contribution in [1.82, 2.24) is 0 Å². The Hall–Kier alpha value is -2.28. The highest BCUT2D eigenvalue weighted by molar-refractivity contribution is 9.10. The standard InChI is InChI=1S/C16H12BrF2NO3/c1-9(15(21)20-12-5-3-11(18)4-6-12)23-16(22)13-7-2-10(17)8-14(13)19/h2-9H,1H3,(H,20,21)/t9-/m1/s1. The van der Waals surface area contributed by atoms with Crippen molar-refractivity contribution in [3.63, 3.8) is 0 Å². The summed E-state index contributed by atoms with van der Waals surface area (Å²) >= 11 is 3.08. The minimum Gasteiger partial charge on any atom is -0.449 e. The lowest BCUT2D eigenvalue weighted by molar-refractivity contribution is -0.123. The molecule has 0 aliphatic heterocycles. The van der Waals surface area contributed by atoms with Gasteiger partial charge in [0.1, 0.15) is 11.6 Å². The molecule has 0 bridgehead atoms. The van der Waals surface area contributed by atoms with Gasteiger partial charge in [-0.15, -0.1) is 0 Å². The van der Waals surface area contributed by atoms with E-state index in [1.807, 2.05) is 0 Å².